The molecule has 0 aliphatic carbocycles. The number of nitrogens with one attached hydrogen (secondary N) is 2. The van der Waals surface area contributed by atoms with Gasteiger partial charge in [0.15, 0.2) is 11.5 Å². The topological polar surface area (TPSA) is 83.7 Å². The number of H-pyrrole nitrogens is 1. The molecule has 1 amide bonds. The molecule has 7 heteroatoms. The van der Waals surface area contributed by atoms with Crippen molar-refractivity contribution in [2.75, 3.05) is 6.79 Å². The van der Waals surface area contributed by atoms with E-state index in [1.807, 2.05) is 30.3 Å². The van der Waals surface area contributed by atoms with E-state index >= 15 is 0 Å². The van der Waals surface area contributed by atoms with E-state index in [0.717, 1.165) is 24.3 Å². The van der Waals surface area contributed by atoms with Gasteiger partial charge in [0.25, 0.3) is 11.5 Å². The number of rotatable bonds is 5. The minimum Gasteiger partial charge on any atom is -0.454 e. The largest absolute Gasteiger partial charge is 0.454 e. The van der Waals surface area contributed by atoms with Crippen molar-refractivity contribution >= 4 is 5.91 Å². The zero-order valence-electron chi connectivity index (χ0n) is 16.3. The third kappa shape index (κ3) is 3.67. The summed E-state index contributed by atoms with van der Waals surface area (Å²) in [5.74, 6) is 0.945. The number of aromatic nitrogens is 1. The van der Waals surface area contributed by atoms with E-state index in [4.69, 9.17) is 9.47 Å². The molecule has 1 aromatic heterocycles. The van der Waals surface area contributed by atoms with Gasteiger partial charge in [0.1, 0.15) is 5.56 Å². The van der Waals surface area contributed by atoms with Crippen LogP contribution in [0, 0.1) is 0 Å². The Morgan fingerprint density at radius 2 is 1.77 bits per heavy atom. The molecule has 2 N–H and O–H groups in total. The molecule has 2 aromatic carbocycles. The Morgan fingerprint density at radius 3 is 2.53 bits per heavy atom. The average molecular weight is 403 g/mol. The molecule has 0 fully saturated rings. The highest BCUT2D eigenvalue weighted by Crippen LogP contribution is 2.32. The molecule has 0 radical (unpaired) electrons. The van der Waals surface area contributed by atoms with Crippen molar-refractivity contribution in [1.29, 1.82) is 0 Å². The lowest BCUT2D eigenvalue weighted by Crippen LogP contribution is -2.30. The number of carbonyl (C=O) groups excluding carboxylic acids is 1. The first-order valence-electron chi connectivity index (χ1n) is 9.84. The molecule has 7 nitrogen and oxygen atoms in total. The molecule has 3 heterocycles. The van der Waals surface area contributed by atoms with Gasteiger partial charge in [0.05, 0.1) is 0 Å². The van der Waals surface area contributed by atoms with Gasteiger partial charge >= 0.3 is 0 Å². The molecule has 5 rings (SSSR count). The third-order valence-corrected chi connectivity index (χ3v) is 5.40. The van der Waals surface area contributed by atoms with E-state index in [1.165, 1.54) is 11.1 Å². The van der Waals surface area contributed by atoms with Crippen LogP contribution in [0.1, 0.15) is 32.7 Å². The normalized spacial score (nSPS) is 14.5. The molecule has 152 valence electrons. The van der Waals surface area contributed by atoms with Gasteiger partial charge in [0.2, 0.25) is 6.79 Å². The van der Waals surface area contributed by atoms with E-state index in [9.17, 15) is 9.59 Å². The lowest BCUT2D eigenvalue weighted by molar-refractivity contribution is 0.0949. The zero-order chi connectivity index (χ0) is 20.5. The van der Waals surface area contributed by atoms with Crippen LogP contribution >= 0.6 is 0 Å². The van der Waals surface area contributed by atoms with Gasteiger partial charge in [-0.25, -0.2) is 0 Å². The third-order valence-electron chi connectivity index (χ3n) is 5.40. The van der Waals surface area contributed by atoms with Crippen LogP contribution in [0.2, 0.25) is 0 Å². The predicted molar refractivity (Wildman–Crippen MR) is 110 cm³/mol. The standard InChI is InChI=1S/C23H21N3O4/c27-22(24-10-15-5-8-20-21(9-15)30-14-29-20)19-7-6-18(25-23(19)28)13-26-11-16-3-1-2-4-17(16)12-26/h1-9H,10-14H2,(H,24,27)(H,25,28). The number of amides is 1. The van der Waals surface area contributed by atoms with Gasteiger partial charge in [0, 0.05) is 31.9 Å². The zero-order valence-corrected chi connectivity index (χ0v) is 16.3. The van der Waals surface area contributed by atoms with Crippen molar-refractivity contribution in [3.05, 3.63) is 92.9 Å². The average Bonchev–Trinajstić information content (AvgIpc) is 3.37. The van der Waals surface area contributed by atoms with Gasteiger partial charge in [-0.05, 0) is 41.0 Å². The van der Waals surface area contributed by atoms with Crippen molar-refractivity contribution in [1.82, 2.24) is 15.2 Å². The number of hydrogen-bond donors (Lipinski definition) is 2. The second-order valence-corrected chi connectivity index (χ2v) is 7.51. The van der Waals surface area contributed by atoms with Crippen molar-refractivity contribution in [3.8, 4) is 11.5 Å². The molecule has 3 aromatic rings. The molecule has 2 aliphatic rings. The molecule has 0 saturated heterocycles. The summed E-state index contributed by atoms with van der Waals surface area (Å²) in [5, 5.41) is 2.79. The Kier molecular flexibility index (Phi) is 4.72. The van der Waals surface area contributed by atoms with Crippen molar-refractivity contribution in [2.24, 2.45) is 0 Å². The van der Waals surface area contributed by atoms with E-state index in [-0.39, 0.29) is 17.9 Å². The monoisotopic (exact) mass is 403 g/mol. The summed E-state index contributed by atoms with van der Waals surface area (Å²) in [6, 6.07) is 17.2. The highest BCUT2D eigenvalue weighted by molar-refractivity contribution is 5.93. The number of hydrogen-bond acceptors (Lipinski definition) is 5. The highest BCUT2D eigenvalue weighted by Gasteiger charge is 2.19. The Morgan fingerprint density at radius 1 is 1.00 bits per heavy atom. The van der Waals surface area contributed by atoms with E-state index in [1.54, 1.807) is 12.1 Å². The van der Waals surface area contributed by atoms with Gasteiger partial charge in [-0.3, -0.25) is 14.5 Å². The number of aromatic amines is 1. The lowest BCUT2D eigenvalue weighted by Gasteiger charge is -2.14. The van der Waals surface area contributed by atoms with Gasteiger partial charge in [-0.1, -0.05) is 30.3 Å². The number of benzene rings is 2. The van der Waals surface area contributed by atoms with Crippen LogP contribution in [-0.2, 0) is 26.2 Å². The molecule has 0 unspecified atom stereocenters. The maximum Gasteiger partial charge on any atom is 0.261 e. The van der Waals surface area contributed by atoms with Crippen LogP contribution in [-0.4, -0.2) is 22.6 Å². The van der Waals surface area contributed by atoms with Gasteiger partial charge in [-0.15, -0.1) is 0 Å². The summed E-state index contributed by atoms with van der Waals surface area (Å²) >= 11 is 0. The summed E-state index contributed by atoms with van der Waals surface area (Å²) in [5.41, 5.74) is 4.02. The molecule has 0 atom stereocenters. The van der Waals surface area contributed by atoms with Crippen molar-refractivity contribution < 1.29 is 14.3 Å². The maximum absolute atomic E-state index is 12.5. The molecular weight excluding hydrogens is 382 g/mol. The Labute approximate surface area is 173 Å². The highest BCUT2D eigenvalue weighted by atomic mass is 16.7. The predicted octanol–water partition coefficient (Wildman–Crippen LogP) is 2.55. The first-order chi connectivity index (χ1) is 14.7. The Balaban J connectivity index is 1.21. The molecule has 2 aliphatic heterocycles. The first kappa shape index (κ1) is 18.4. The number of ether oxygens (including phenoxy) is 2. The van der Waals surface area contributed by atoms with E-state index in [2.05, 4.69) is 27.3 Å². The van der Waals surface area contributed by atoms with Crippen LogP contribution in [0.3, 0.4) is 0 Å². The van der Waals surface area contributed by atoms with Gasteiger partial charge in [-0.2, -0.15) is 0 Å². The Bertz CT molecular complexity index is 1150. The summed E-state index contributed by atoms with van der Waals surface area (Å²) in [7, 11) is 0. The second-order valence-electron chi connectivity index (χ2n) is 7.51. The summed E-state index contributed by atoms with van der Waals surface area (Å²) in [6.07, 6.45) is 0. The second kappa shape index (κ2) is 7.68. The smallest absolute Gasteiger partial charge is 0.261 e. The molecule has 30 heavy (non-hydrogen) atoms. The fourth-order valence-electron chi connectivity index (χ4n) is 3.87. The summed E-state index contributed by atoms with van der Waals surface area (Å²) < 4.78 is 10.6. The fourth-order valence-corrected chi connectivity index (χ4v) is 3.87. The van der Waals surface area contributed by atoms with Crippen molar-refractivity contribution in [2.45, 2.75) is 26.2 Å². The van der Waals surface area contributed by atoms with Gasteiger partial charge < -0.3 is 19.8 Å². The molecule has 0 bridgehead atoms. The molecular formula is C23H21N3O4. The first-order valence-corrected chi connectivity index (χ1v) is 9.84. The van der Waals surface area contributed by atoms with Crippen LogP contribution < -0.4 is 20.3 Å². The van der Waals surface area contributed by atoms with Crippen molar-refractivity contribution in [3.63, 3.8) is 0 Å². The Hall–Kier alpha value is -3.58. The number of pyridine rings is 1. The van der Waals surface area contributed by atoms with Crippen LogP contribution in [0.15, 0.2) is 59.4 Å². The van der Waals surface area contributed by atoms with Crippen LogP contribution in [0.5, 0.6) is 11.5 Å². The quantitative estimate of drug-likeness (QED) is 0.684. The van der Waals surface area contributed by atoms with Crippen LogP contribution in [0.4, 0.5) is 0 Å². The summed E-state index contributed by atoms with van der Waals surface area (Å²) in [4.78, 5) is 30.1. The SMILES string of the molecule is O=C(NCc1ccc2c(c1)OCO2)c1ccc(CN2Cc3ccccc3C2)[nH]c1=O. The minimum absolute atomic E-state index is 0.101. The number of fused-ring (bicyclic) bond motifs is 2. The molecule has 0 saturated carbocycles. The minimum atomic E-state index is -0.408. The summed E-state index contributed by atoms with van der Waals surface area (Å²) in [6.45, 7) is 2.84. The molecule has 0 spiro atoms. The maximum atomic E-state index is 12.5. The van der Waals surface area contributed by atoms with E-state index in [0.29, 0.717) is 24.6 Å². The lowest BCUT2D eigenvalue weighted by atomic mass is 10.1. The van der Waals surface area contributed by atoms with E-state index < -0.39 is 5.91 Å². The fraction of sp³-hybridized carbons (Fsp3) is 0.217. The van der Waals surface area contributed by atoms with Crippen LogP contribution in [0.25, 0.3) is 0 Å². The number of carbonyl (C=O) groups is 1. The number of nitrogens with zero attached hydrogens (tertiary/aromatic N) is 1.